The van der Waals surface area contributed by atoms with Gasteiger partial charge in [0.1, 0.15) is 0 Å². The summed E-state index contributed by atoms with van der Waals surface area (Å²) in [5.74, 6) is 0.866. The predicted octanol–water partition coefficient (Wildman–Crippen LogP) is 4.66. The van der Waals surface area contributed by atoms with Crippen molar-refractivity contribution in [3.05, 3.63) is 21.9 Å². The molecule has 1 N–H and O–H groups in total. The summed E-state index contributed by atoms with van der Waals surface area (Å²) in [7, 11) is 2.14. The summed E-state index contributed by atoms with van der Waals surface area (Å²) in [5, 5.41) is 3.58. The maximum Gasteiger partial charge on any atom is 0.0141 e. The molecule has 1 aromatic rings. The minimum atomic E-state index is 0.576. The maximum atomic E-state index is 3.58. The van der Waals surface area contributed by atoms with Crippen LogP contribution in [0.5, 0.6) is 0 Å². The summed E-state index contributed by atoms with van der Waals surface area (Å²) in [6.07, 6.45) is 7.95. The van der Waals surface area contributed by atoms with E-state index in [9.17, 15) is 0 Å². The lowest BCUT2D eigenvalue weighted by molar-refractivity contribution is 0.164. The van der Waals surface area contributed by atoms with Gasteiger partial charge in [-0.2, -0.15) is 0 Å². The average Bonchev–Trinajstić information content (AvgIpc) is 2.84. The van der Waals surface area contributed by atoms with Gasteiger partial charge in [-0.15, -0.1) is 11.3 Å². The molecule has 0 saturated heterocycles. The fourth-order valence-electron chi connectivity index (χ4n) is 3.27. The van der Waals surface area contributed by atoms with E-state index >= 15 is 0 Å². The fourth-order valence-corrected chi connectivity index (χ4v) is 4.28. The maximum absolute atomic E-state index is 3.58. The van der Waals surface area contributed by atoms with Crippen LogP contribution >= 0.6 is 11.3 Å². The highest BCUT2D eigenvalue weighted by molar-refractivity contribution is 7.11. The lowest BCUT2D eigenvalue weighted by Gasteiger charge is -2.38. The van der Waals surface area contributed by atoms with Crippen molar-refractivity contribution < 1.29 is 0 Å². The molecule has 0 spiro atoms. The Hall–Kier alpha value is -0.340. The van der Waals surface area contributed by atoms with Crippen molar-refractivity contribution in [2.75, 3.05) is 7.05 Å². The van der Waals surface area contributed by atoms with Crippen molar-refractivity contribution >= 4 is 11.3 Å². The Balaban J connectivity index is 1.93. The van der Waals surface area contributed by atoms with Gasteiger partial charge in [-0.05, 0) is 69.0 Å². The number of likely N-dealkylation sites (N-methyl/N-ethyl adjacent to an activating group) is 1. The molecule has 1 aliphatic carbocycles. The molecule has 1 fully saturated rings. The molecule has 108 valence electrons. The SMILES string of the molecule is CCc1ccc(CC(NC)C2CCC(C)(C)CC2)s1. The number of rotatable bonds is 5. The van der Waals surface area contributed by atoms with Gasteiger partial charge >= 0.3 is 0 Å². The monoisotopic (exact) mass is 279 g/mol. The van der Waals surface area contributed by atoms with E-state index in [1.807, 2.05) is 11.3 Å². The highest BCUT2D eigenvalue weighted by Crippen LogP contribution is 2.39. The van der Waals surface area contributed by atoms with Gasteiger partial charge in [0.15, 0.2) is 0 Å². The lowest BCUT2D eigenvalue weighted by Crippen LogP contribution is -2.38. The zero-order chi connectivity index (χ0) is 13.9. The van der Waals surface area contributed by atoms with E-state index in [-0.39, 0.29) is 0 Å². The van der Waals surface area contributed by atoms with Crippen LogP contribution in [0.25, 0.3) is 0 Å². The van der Waals surface area contributed by atoms with Crippen molar-refractivity contribution in [3.63, 3.8) is 0 Å². The molecule has 1 heterocycles. The molecule has 1 unspecified atom stereocenters. The van der Waals surface area contributed by atoms with Gasteiger partial charge in [-0.3, -0.25) is 0 Å². The Morgan fingerprint density at radius 2 is 1.89 bits per heavy atom. The van der Waals surface area contributed by atoms with Gasteiger partial charge in [0.25, 0.3) is 0 Å². The minimum Gasteiger partial charge on any atom is -0.316 e. The van der Waals surface area contributed by atoms with E-state index < -0.39 is 0 Å². The molecule has 0 aromatic carbocycles. The van der Waals surface area contributed by atoms with Crippen molar-refractivity contribution in [1.29, 1.82) is 0 Å². The average molecular weight is 279 g/mol. The van der Waals surface area contributed by atoms with Crippen molar-refractivity contribution in [2.24, 2.45) is 11.3 Å². The van der Waals surface area contributed by atoms with Crippen LogP contribution in [0.15, 0.2) is 12.1 Å². The summed E-state index contributed by atoms with van der Waals surface area (Å²) in [5.41, 5.74) is 0.576. The lowest BCUT2D eigenvalue weighted by atomic mass is 9.70. The third kappa shape index (κ3) is 4.06. The molecule has 0 radical (unpaired) electrons. The van der Waals surface area contributed by atoms with Gasteiger partial charge in [-0.1, -0.05) is 20.8 Å². The van der Waals surface area contributed by atoms with Gasteiger partial charge in [0.2, 0.25) is 0 Å². The van der Waals surface area contributed by atoms with E-state index in [2.05, 4.69) is 45.3 Å². The van der Waals surface area contributed by atoms with Crippen molar-refractivity contribution in [3.8, 4) is 0 Å². The molecule has 0 amide bonds. The first-order valence-corrected chi connectivity index (χ1v) is 8.60. The molecule has 1 nitrogen and oxygen atoms in total. The Kier molecular flexibility index (Phi) is 5.08. The number of aryl methyl sites for hydroxylation is 1. The van der Waals surface area contributed by atoms with Crippen LogP contribution in [0.4, 0.5) is 0 Å². The summed E-state index contributed by atoms with van der Waals surface area (Å²) < 4.78 is 0. The van der Waals surface area contributed by atoms with Crippen LogP contribution in [0, 0.1) is 11.3 Å². The molecule has 2 rings (SSSR count). The standard InChI is InChI=1S/C17H29NS/c1-5-14-6-7-15(19-14)12-16(18-4)13-8-10-17(2,3)11-9-13/h6-7,13,16,18H,5,8-12H2,1-4H3. The van der Waals surface area contributed by atoms with Crippen LogP contribution < -0.4 is 5.32 Å². The van der Waals surface area contributed by atoms with Crippen molar-refractivity contribution in [2.45, 2.75) is 65.3 Å². The van der Waals surface area contributed by atoms with Crippen LogP contribution in [0.2, 0.25) is 0 Å². The first-order valence-electron chi connectivity index (χ1n) is 7.79. The Morgan fingerprint density at radius 1 is 1.26 bits per heavy atom. The van der Waals surface area contributed by atoms with Crippen LogP contribution in [0.1, 0.15) is 56.2 Å². The number of hydrogen-bond donors (Lipinski definition) is 1. The van der Waals surface area contributed by atoms with Crippen LogP contribution in [0.3, 0.4) is 0 Å². The molecule has 19 heavy (non-hydrogen) atoms. The molecule has 1 aromatic heterocycles. The Morgan fingerprint density at radius 3 is 2.42 bits per heavy atom. The number of thiophene rings is 1. The predicted molar refractivity (Wildman–Crippen MR) is 86.0 cm³/mol. The van der Waals surface area contributed by atoms with Crippen LogP contribution in [-0.4, -0.2) is 13.1 Å². The van der Waals surface area contributed by atoms with Gasteiger partial charge < -0.3 is 5.32 Å². The largest absolute Gasteiger partial charge is 0.316 e. The van der Waals surface area contributed by atoms with E-state index in [4.69, 9.17) is 0 Å². The van der Waals surface area contributed by atoms with Gasteiger partial charge in [0, 0.05) is 15.8 Å². The first kappa shape index (κ1) is 15.1. The molecular weight excluding hydrogens is 250 g/mol. The molecule has 0 aliphatic heterocycles. The summed E-state index contributed by atoms with van der Waals surface area (Å²) >= 11 is 2.00. The Bertz CT molecular complexity index is 384. The second-order valence-electron chi connectivity index (χ2n) is 6.82. The normalized spacial score (nSPS) is 21.5. The molecule has 0 bridgehead atoms. The van der Waals surface area contributed by atoms with Crippen LogP contribution in [-0.2, 0) is 12.8 Å². The quantitative estimate of drug-likeness (QED) is 0.826. The second kappa shape index (κ2) is 6.41. The van der Waals surface area contributed by atoms with E-state index in [1.54, 1.807) is 4.88 Å². The minimum absolute atomic E-state index is 0.576. The third-order valence-corrected chi connectivity index (χ3v) is 6.06. The third-order valence-electron chi connectivity index (χ3n) is 4.81. The zero-order valence-electron chi connectivity index (χ0n) is 13.0. The highest BCUT2D eigenvalue weighted by Gasteiger charge is 2.30. The summed E-state index contributed by atoms with van der Waals surface area (Å²) in [4.78, 5) is 3.08. The highest BCUT2D eigenvalue weighted by atomic mass is 32.1. The number of nitrogens with one attached hydrogen (secondary N) is 1. The summed E-state index contributed by atoms with van der Waals surface area (Å²) in [6, 6.07) is 5.30. The van der Waals surface area contributed by atoms with E-state index in [1.165, 1.54) is 43.4 Å². The molecule has 1 saturated carbocycles. The summed E-state index contributed by atoms with van der Waals surface area (Å²) in [6.45, 7) is 7.09. The molecule has 1 atom stereocenters. The van der Waals surface area contributed by atoms with Gasteiger partial charge in [-0.25, -0.2) is 0 Å². The van der Waals surface area contributed by atoms with E-state index in [0.29, 0.717) is 11.5 Å². The second-order valence-corrected chi connectivity index (χ2v) is 8.08. The number of hydrogen-bond acceptors (Lipinski definition) is 2. The topological polar surface area (TPSA) is 12.0 Å². The fraction of sp³-hybridized carbons (Fsp3) is 0.765. The molecule has 2 heteroatoms. The molecule has 1 aliphatic rings. The van der Waals surface area contributed by atoms with Gasteiger partial charge in [0.05, 0.1) is 0 Å². The van der Waals surface area contributed by atoms with E-state index in [0.717, 1.165) is 5.92 Å². The smallest absolute Gasteiger partial charge is 0.0141 e. The van der Waals surface area contributed by atoms with Crippen molar-refractivity contribution in [1.82, 2.24) is 5.32 Å². The first-order chi connectivity index (χ1) is 9.04. The Labute approximate surface area is 122 Å². The molecular formula is C17H29NS. The zero-order valence-corrected chi connectivity index (χ0v) is 13.8.